The van der Waals surface area contributed by atoms with Crippen LogP contribution in [0, 0.1) is 20.2 Å². The number of ether oxygens (including phenoxy) is 2. The lowest BCUT2D eigenvalue weighted by Gasteiger charge is -2.16. The molecule has 0 amide bonds. The summed E-state index contributed by atoms with van der Waals surface area (Å²) < 4.78 is 10.3. The minimum Gasteiger partial charge on any atom is -0.454 e. The van der Waals surface area contributed by atoms with Crippen molar-refractivity contribution in [3.05, 3.63) is 73.8 Å². The van der Waals surface area contributed by atoms with Crippen LogP contribution in [0.25, 0.3) is 0 Å². The molecule has 2 rings (SSSR count). The molecule has 0 radical (unpaired) electrons. The van der Waals surface area contributed by atoms with E-state index in [9.17, 15) is 25.0 Å². The number of methoxy groups -OCH3 is 1. The number of carbonyl (C=O) groups excluding carboxylic acids is 1. The molecule has 2 aromatic rings. The van der Waals surface area contributed by atoms with Gasteiger partial charge in [0.05, 0.1) is 22.0 Å². The van der Waals surface area contributed by atoms with Crippen molar-refractivity contribution in [3.8, 4) is 0 Å². The highest BCUT2D eigenvalue weighted by atomic mass is 16.6. The van der Waals surface area contributed by atoms with E-state index in [1.165, 1.54) is 37.4 Å². The van der Waals surface area contributed by atoms with Crippen molar-refractivity contribution in [3.63, 3.8) is 0 Å². The van der Waals surface area contributed by atoms with E-state index in [0.717, 1.165) is 6.07 Å². The van der Waals surface area contributed by atoms with E-state index >= 15 is 0 Å². The average molecular weight is 389 g/mol. The number of rotatable bonds is 9. The van der Waals surface area contributed by atoms with Gasteiger partial charge in [0.2, 0.25) is 0 Å². The second-order valence-corrected chi connectivity index (χ2v) is 5.81. The fraction of sp³-hybridized carbons (Fsp3) is 0.278. The molecule has 0 bridgehead atoms. The fourth-order valence-electron chi connectivity index (χ4n) is 2.44. The van der Waals surface area contributed by atoms with Crippen molar-refractivity contribution in [2.24, 2.45) is 0 Å². The topological polar surface area (TPSA) is 134 Å². The fourth-order valence-corrected chi connectivity index (χ4v) is 2.44. The predicted molar refractivity (Wildman–Crippen MR) is 100 cm³/mol. The molecule has 0 spiro atoms. The van der Waals surface area contributed by atoms with E-state index in [1.807, 2.05) is 0 Å². The van der Waals surface area contributed by atoms with Crippen molar-refractivity contribution >= 4 is 23.0 Å². The quantitative estimate of drug-likeness (QED) is 0.298. The van der Waals surface area contributed by atoms with Crippen molar-refractivity contribution in [1.82, 2.24) is 0 Å². The van der Waals surface area contributed by atoms with E-state index in [2.05, 4.69) is 5.32 Å². The molecule has 10 nitrogen and oxygen atoms in total. The summed E-state index contributed by atoms with van der Waals surface area (Å²) in [6.45, 7) is 2.32. The zero-order chi connectivity index (χ0) is 20.7. The van der Waals surface area contributed by atoms with Gasteiger partial charge in [0.15, 0.2) is 0 Å². The zero-order valence-electron chi connectivity index (χ0n) is 15.3. The summed E-state index contributed by atoms with van der Waals surface area (Å²) >= 11 is 0. The van der Waals surface area contributed by atoms with E-state index in [4.69, 9.17) is 9.47 Å². The Bertz CT molecular complexity index is 885. The van der Waals surface area contributed by atoms with Crippen LogP contribution in [0.4, 0.5) is 17.1 Å². The average Bonchev–Trinajstić information content (AvgIpc) is 2.68. The van der Waals surface area contributed by atoms with Gasteiger partial charge in [-0.1, -0.05) is 12.1 Å². The number of nitrogens with zero attached hydrogens (tertiary/aromatic N) is 2. The van der Waals surface area contributed by atoms with Gasteiger partial charge in [0.1, 0.15) is 6.10 Å². The van der Waals surface area contributed by atoms with Gasteiger partial charge in [-0.25, -0.2) is 4.79 Å². The molecule has 0 unspecified atom stereocenters. The van der Waals surface area contributed by atoms with Gasteiger partial charge in [0, 0.05) is 43.6 Å². The van der Waals surface area contributed by atoms with Crippen LogP contribution < -0.4 is 5.32 Å². The van der Waals surface area contributed by atoms with E-state index in [-0.39, 0.29) is 16.9 Å². The summed E-state index contributed by atoms with van der Waals surface area (Å²) in [5.74, 6) is -0.789. The van der Waals surface area contributed by atoms with E-state index in [1.54, 1.807) is 13.0 Å². The minimum atomic E-state index is -0.793. The number of nitro groups is 2. The Morgan fingerprint density at radius 3 is 2.43 bits per heavy atom. The van der Waals surface area contributed by atoms with Crippen molar-refractivity contribution in [1.29, 1.82) is 0 Å². The predicted octanol–water partition coefficient (Wildman–Crippen LogP) is 3.48. The lowest BCUT2D eigenvalue weighted by molar-refractivity contribution is -0.385. The van der Waals surface area contributed by atoms with Crippen LogP contribution in [0.15, 0.2) is 42.5 Å². The molecule has 0 saturated heterocycles. The monoisotopic (exact) mass is 389 g/mol. The van der Waals surface area contributed by atoms with Gasteiger partial charge < -0.3 is 14.8 Å². The van der Waals surface area contributed by atoms with Gasteiger partial charge in [-0.3, -0.25) is 20.2 Å². The summed E-state index contributed by atoms with van der Waals surface area (Å²) in [5.41, 5.74) is 0.397. The molecule has 0 aliphatic rings. The molecule has 0 saturated carbocycles. The van der Waals surface area contributed by atoms with Crippen LogP contribution in [0.3, 0.4) is 0 Å². The molecule has 0 fully saturated rings. The number of esters is 1. The SMILES string of the molecule is COCCNc1ccc([N+](=O)[O-])cc1C(=O)O[C@@H](C)c1cccc([N+](=O)[O-])c1. The molecule has 1 atom stereocenters. The van der Waals surface area contributed by atoms with Crippen LogP contribution >= 0.6 is 0 Å². The molecule has 0 aliphatic heterocycles. The Labute approximate surface area is 160 Å². The van der Waals surface area contributed by atoms with Crippen molar-refractivity contribution in [2.75, 3.05) is 25.6 Å². The first-order valence-corrected chi connectivity index (χ1v) is 8.30. The standard InChI is InChI=1S/C18H19N3O7/c1-12(13-4-3-5-14(10-13)20(23)24)28-18(22)16-11-15(21(25)26)6-7-17(16)19-8-9-27-2/h3-7,10-12,19H,8-9H2,1-2H3/t12-/m0/s1. The minimum absolute atomic E-state index is 0.0115. The highest BCUT2D eigenvalue weighted by Crippen LogP contribution is 2.27. The molecule has 1 N–H and O–H groups in total. The normalized spacial score (nSPS) is 11.5. The number of carbonyl (C=O) groups is 1. The Balaban J connectivity index is 2.25. The Hall–Kier alpha value is -3.53. The summed E-state index contributed by atoms with van der Waals surface area (Å²) in [6, 6.07) is 9.54. The second-order valence-electron chi connectivity index (χ2n) is 5.81. The Morgan fingerprint density at radius 2 is 1.79 bits per heavy atom. The smallest absolute Gasteiger partial charge is 0.341 e. The van der Waals surface area contributed by atoms with Gasteiger partial charge in [-0.15, -0.1) is 0 Å². The van der Waals surface area contributed by atoms with E-state index < -0.39 is 21.9 Å². The lowest BCUT2D eigenvalue weighted by atomic mass is 10.1. The first-order chi connectivity index (χ1) is 13.3. The number of anilines is 1. The third-order valence-electron chi connectivity index (χ3n) is 3.89. The summed E-state index contributed by atoms with van der Waals surface area (Å²) in [7, 11) is 1.52. The lowest BCUT2D eigenvalue weighted by Crippen LogP contribution is -2.15. The maximum Gasteiger partial charge on any atom is 0.341 e. The van der Waals surface area contributed by atoms with Gasteiger partial charge >= 0.3 is 5.97 Å². The highest BCUT2D eigenvalue weighted by molar-refractivity contribution is 5.96. The molecule has 0 heterocycles. The maximum absolute atomic E-state index is 12.6. The molecule has 28 heavy (non-hydrogen) atoms. The second kappa shape index (κ2) is 9.42. The molecule has 148 valence electrons. The number of non-ortho nitro benzene ring substituents is 2. The third kappa shape index (κ3) is 5.24. The first kappa shape index (κ1) is 20.8. The number of nitro benzene ring substituents is 2. The Morgan fingerprint density at radius 1 is 1.11 bits per heavy atom. The van der Waals surface area contributed by atoms with Crippen molar-refractivity contribution < 1.29 is 24.1 Å². The van der Waals surface area contributed by atoms with Crippen LogP contribution in [-0.4, -0.2) is 36.1 Å². The van der Waals surface area contributed by atoms with Crippen LogP contribution in [0.5, 0.6) is 0 Å². The zero-order valence-corrected chi connectivity index (χ0v) is 15.3. The Kier molecular flexibility index (Phi) is 6.99. The van der Waals surface area contributed by atoms with Gasteiger partial charge in [-0.05, 0) is 18.6 Å². The first-order valence-electron chi connectivity index (χ1n) is 8.30. The highest BCUT2D eigenvalue weighted by Gasteiger charge is 2.21. The van der Waals surface area contributed by atoms with Gasteiger partial charge in [-0.2, -0.15) is 0 Å². The van der Waals surface area contributed by atoms with Gasteiger partial charge in [0.25, 0.3) is 11.4 Å². The van der Waals surface area contributed by atoms with Crippen molar-refractivity contribution in [2.45, 2.75) is 13.0 Å². The molecular formula is C18H19N3O7. The largest absolute Gasteiger partial charge is 0.454 e. The van der Waals surface area contributed by atoms with E-state index in [0.29, 0.717) is 24.4 Å². The van der Waals surface area contributed by atoms with Crippen LogP contribution in [0.1, 0.15) is 28.9 Å². The third-order valence-corrected chi connectivity index (χ3v) is 3.89. The summed E-state index contributed by atoms with van der Waals surface area (Å²) in [4.78, 5) is 33.4. The number of hydrogen-bond acceptors (Lipinski definition) is 8. The van der Waals surface area contributed by atoms with Crippen LogP contribution in [-0.2, 0) is 9.47 Å². The molecule has 10 heteroatoms. The number of benzene rings is 2. The summed E-state index contributed by atoms with van der Waals surface area (Å²) in [6.07, 6.45) is -0.793. The number of hydrogen-bond donors (Lipinski definition) is 1. The molecular weight excluding hydrogens is 370 g/mol. The van der Waals surface area contributed by atoms with Crippen LogP contribution in [0.2, 0.25) is 0 Å². The number of nitrogens with one attached hydrogen (secondary N) is 1. The molecule has 2 aromatic carbocycles. The summed E-state index contributed by atoms with van der Waals surface area (Å²) in [5, 5.41) is 24.9. The maximum atomic E-state index is 12.6. The molecule has 0 aromatic heterocycles. The molecule has 0 aliphatic carbocycles.